The number of benzene rings is 1. The van der Waals surface area contributed by atoms with E-state index >= 15 is 0 Å². The van der Waals surface area contributed by atoms with Crippen molar-refractivity contribution in [3.05, 3.63) is 34.9 Å². The first kappa shape index (κ1) is 20.0. The molecule has 2 fully saturated rings. The van der Waals surface area contributed by atoms with E-state index in [0.29, 0.717) is 31.6 Å². The van der Waals surface area contributed by atoms with Gasteiger partial charge in [-0.25, -0.2) is 4.39 Å². The summed E-state index contributed by atoms with van der Waals surface area (Å²) in [5, 5.41) is 8.75. The quantitative estimate of drug-likeness (QED) is 0.615. The monoisotopic (exact) mass is 402 g/mol. The lowest BCUT2D eigenvalue weighted by molar-refractivity contribution is -0.136. The molecule has 3 aliphatic heterocycles. The molecule has 2 unspecified atom stereocenters. The summed E-state index contributed by atoms with van der Waals surface area (Å²) in [4.78, 5) is 37.7. The van der Waals surface area contributed by atoms with Crippen LogP contribution in [-0.2, 0) is 22.7 Å². The first-order valence-electron chi connectivity index (χ1n) is 10.3. The van der Waals surface area contributed by atoms with Gasteiger partial charge in [0, 0.05) is 31.6 Å². The van der Waals surface area contributed by atoms with Crippen LogP contribution in [0.2, 0.25) is 0 Å². The lowest BCUT2D eigenvalue weighted by Crippen LogP contribution is -2.52. The molecule has 3 heterocycles. The zero-order valence-electron chi connectivity index (χ0n) is 16.4. The van der Waals surface area contributed by atoms with Crippen molar-refractivity contribution in [2.45, 2.75) is 51.0 Å². The SMILES string of the molecule is O=C1CCC(N2Cc3cc(CNCC(F)C4CCNCC4)ccc3C2=O)C(=O)N1. The molecule has 0 saturated carbocycles. The molecule has 0 aliphatic carbocycles. The van der Waals surface area contributed by atoms with E-state index in [1.807, 2.05) is 12.1 Å². The summed E-state index contributed by atoms with van der Waals surface area (Å²) in [6, 6.07) is 4.99. The molecule has 29 heavy (non-hydrogen) atoms. The molecule has 8 heteroatoms. The van der Waals surface area contributed by atoms with Crippen molar-refractivity contribution in [3.63, 3.8) is 0 Å². The van der Waals surface area contributed by atoms with Crippen molar-refractivity contribution in [2.24, 2.45) is 5.92 Å². The van der Waals surface area contributed by atoms with Crippen LogP contribution in [0.5, 0.6) is 0 Å². The van der Waals surface area contributed by atoms with Crippen LogP contribution in [0.3, 0.4) is 0 Å². The molecule has 0 aromatic heterocycles. The van der Waals surface area contributed by atoms with Crippen molar-refractivity contribution in [1.29, 1.82) is 0 Å². The fraction of sp³-hybridized carbons (Fsp3) is 0.571. The van der Waals surface area contributed by atoms with E-state index < -0.39 is 18.1 Å². The van der Waals surface area contributed by atoms with Crippen LogP contribution in [0.25, 0.3) is 0 Å². The number of nitrogens with one attached hydrogen (secondary N) is 3. The maximum atomic E-state index is 14.4. The number of rotatable bonds is 6. The average Bonchev–Trinajstić information content (AvgIpc) is 3.04. The Balaban J connectivity index is 1.33. The third kappa shape index (κ3) is 4.33. The summed E-state index contributed by atoms with van der Waals surface area (Å²) >= 11 is 0. The van der Waals surface area contributed by atoms with Crippen molar-refractivity contribution in [1.82, 2.24) is 20.9 Å². The van der Waals surface area contributed by atoms with Gasteiger partial charge in [-0.05, 0) is 55.5 Å². The summed E-state index contributed by atoms with van der Waals surface area (Å²) in [5.41, 5.74) is 2.45. The average molecular weight is 402 g/mol. The number of amides is 3. The van der Waals surface area contributed by atoms with E-state index in [9.17, 15) is 18.8 Å². The summed E-state index contributed by atoms with van der Waals surface area (Å²) in [5.74, 6) is -0.761. The van der Waals surface area contributed by atoms with Gasteiger partial charge in [0.2, 0.25) is 11.8 Å². The van der Waals surface area contributed by atoms with E-state index in [1.165, 1.54) is 0 Å². The predicted molar refractivity (Wildman–Crippen MR) is 105 cm³/mol. The summed E-state index contributed by atoms with van der Waals surface area (Å²) in [6.07, 6.45) is 1.50. The molecular formula is C21H27FN4O3. The molecule has 4 rings (SSSR count). The molecule has 3 amide bonds. The number of hydrogen-bond donors (Lipinski definition) is 3. The Hall–Kier alpha value is -2.32. The summed E-state index contributed by atoms with van der Waals surface area (Å²) < 4.78 is 14.4. The van der Waals surface area contributed by atoms with Gasteiger partial charge in [0.05, 0.1) is 0 Å². The standard InChI is InChI=1S/C21H27FN4O3/c22-17(14-5-7-23-8-6-14)11-24-10-13-1-2-16-15(9-13)12-26(21(16)29)18-3-4-19(27)25-20(18)28/h1-2,9,14,17-18,23-24H,3-8,10-12H2,(H,25,27,28). The molecule has 3 N–H and O–H groups in total. The Morgan fingerprint density at radius 3 is 2.72 bits per heavy atom. The highest BCUT2D eigenvalue weighted by atomic mass is 19.1. The Bertz CT molecular complexity index is 809. The zero-order chi connectivity index (χ0) is 20.4. The third-order valence-corrected chi connectivity index (χ3v) is 6.15. The minimum atomic E-state index is -0.851. The van der Waals surface area contributed by atoms with Gasteiger partial charge >= 0.3 is 0 Å². The largest absolute Gasteiger partial charge is 0.322 e. The number of imide groups is 1. The molecule has 1 aromatic rings. The normalized spacial score (nSPS) is 23.8. The van der Waals surface area contributed by atoms with Crippen LogP contribution < -0.4 is 16.0 Å². The lowest BCUT2D eigenvalue weighted by atomic mass is 9.93. The van der Waals surface area contributed by atoms with Crippen LogP contribution in [0.15, 0.2) is 18.2 Å². The van der Waals surface area contributed by atoms with Crippen LogP contribution in [0, 0.1) is 5.92 Å². The van der Waals surface area contributed by atoms with Gasteiger partial charge in [-0.1, -0.05) is 12.1 Å². The van der Waals surface area contributed by atoms with E-state index in [2.05, 4.69) is 16.0 Å². The first-order chi connectivity index (χ1) is 14.0. The van der Waals surface area contributed by atoms with Crippen LogP contribution in [0.1, 0.15) is 47.2 Å². The Morgan fingerprint density at radius 2 is 1.97 bits per heavy atom. The second kappa shape index (κ2) is 8.59. The highest BCUT2D eigenvalue weighted by Crippen LogP contribution is 2.28. The Morgan fingerprint density at radius 1 is 1.17 bits per heavy atom. The van der Waals surface area contributed by atoms with Gasteiger partial charge in [-0.15, -0.1) is 0 Å². The third-order valence-electron chi connectivity index (χ3n) is 6.15. The second-order valence-electron chi connectivity index (χ2n) is 8.13. The Kier molecular flexibility index (Phi) is 5.91. The number of fused-ring (bicyclic) bond motifs is 1. The minimum absolute atomic E-state index is 0.114. The molecule has 7 nitrogen and oxygen atoms in total. The molecule has 3 aliphatic rings. The van der Waals surface area contributed by atoms with Gasteiger partial charge in [-0.2, -0.15) is 0 Å². The number of alkyl halides is 1. The van der Waals surface area contributed by atoms with Crippen LogP contribution >= 0.6 is 0 Å². The topological polar surface area (TPSA) is 90.5 Å². The van der Waals surface area contributed by atoms with E-state index in [4.69, 9.17) is 0 Å². The second-order valence-corrected chi connectivity index (χ2v) is 8.13. The smallest absolute Gasteiger partial charge is 0.255 e. The van der Waals surface area contributed by atoms with Gasteiger partial charge in [0.25, 0.3) is 5.91 Å². The number of carbonyl (C=O) groups is 3. The maximum absolute atomic E-state index is 14.4. The summed E-state index contributed by atoms with van der Waals surface area (Å²) in [7, 11) is 0. The van der Waals surface area contributed by atoms with Crippen molar-refractivity contribution >= 4 is 17.7 Å². The first-order valence-corrected chi connectivity index (χ1v) is 10.3. The molecule has 0 radical (unpaired) electrons. The molecule has 1 aromatic carbocycles. The highest BCUT2D eigenvalue weighted by Gasteiger charge is 2.39. The molecule has 156 valence electrons. The molecule has 0 spiro atoms. The lowest BCUT2D eigenvalue weighted by Gasteiger charge is -2.29. The van der Waals surface area contributed by atoms with Gasteiger partial charge in [0.15, 0.2) is 0 Å². The van der Waals surface area contributed by atoms with Gasteiger partial charge in [-0.3, -0.25) is 19.7 Å². The number of halogens is 1. The van der Waals surface area contributed by atoms with Crippen molar-refractivity contribution < 1.29 is 18.8 Å². The van der Waals surface area contributed by atoms with Crippen molar-refractivity contribution in [2.75, 3.05) is 19.6 Å². The van der Waals surface area contributed by atoms with Crippen LogP contribution in [0.4, 0.5) is 4.39 Å². The van der Waals surface area contributed by atoms with Crippen LogP contribution in [-0.4, -0.2) is 54.5 Å². The summed E-state index contributed by atoms with van der Waals surface area (Å²) in [6.45, 7) is 2.98. The van der Waals surface area contributed by atoms with Crippen molar-refractivity contribution in [3.8, 4) is 0 Å². The number of carbonyl (C=O) groups excluding carboxylic acids is 3. The molecular weight excluding hydrogens is 375 g/mol. The highest BCUT2D eigenvalue weighted by molar-refractivity contribution is 6.05. The number of nitrogens with zero attached hydrogens (tertiary/aromatic N) is 1. The maximum Gasteiger partial charge on any atom is 0.255 e. The molecule has 0 bridgehead atoms. The number of piperidine rings is 2. The minimum Gasteiger partial charge on any atom is -0.322 e. The number of hydrogen-bond acceptors (Lipinski definition) is 5. The fourth-order valence-corrected chi connectivity index (χ4v) is 4.46. The fourth-order valence-electron chi connectivity index (χ4n) is 4.46. The van der Waals surface area contributed by atoms with E-state index in [-0.39, 0.29) is 24.2 Å². The Labute approximate surface area is 169 Å². The van der Waals surface area contributed by atoms with E-state index in [0.717, 1.165) is 37.1 Å². The molecule has 2 atom stereocenters. The van der Waals surface area contributed by atoms with Gasteiger partial charge in [0.1, 0.15) is 12.2 Å². The predicted octanol–water partition coefficient (Wildman–Crippen LogP) is 0.875. The molecule has 2 saturated heterocycles. The van der Waals surface area contributed by atoms with Gasteiger partial charge < -0.3 is 15.5 Å². The zero-order valence-corrected chi connectivity index (χ0v) is 16.4. The van der Waals surface area contributed by atoms with E-state index in [1.54, 1.807) is 11.0 Å².